The number of benzene rings is 2. The maximum absolute atomic E-state index is 15.0. The van der Waals surface area contributed by atoms with Crippen LogP contribution in [0.3, 0.4) is 0 Å². The summed E-state index contributed by atoms with van der Waals surface area (Å²) in [6.45, 7) is 6.24. The number of thioether (sulfide) groups is 1. The number of allylic oxidation sites excluding steroid dienone is 1. The summed E-state index contributed by atoms with van der Waals surface area (Å²) in [6.07, 6.45) is 3.80. The van der Waals surface area contributed by atoms with E-state index in [-0.39, 0.29) is 17.3 Å². The number of halogens is 1. The number of amidine groups is 1. The van der Waals surface area contributed by atoms with E-state index in [1.54, 1.807) is 19.2 Å². The summed E-state index contributed by atoms with van der Waals surface area (Å²) in [7, 11) is 3.65. The van der Waals surface area contributed by atoms with Crippen molar-refractivity contribution in [2.75, 3.05) is 19.0 Å². The number of nitrogens with zero attached hydrogens (tertiary/aromatic N) is 3. The number of hydrogen-bond acceptors (Lipinski definition) is 4. The van der Waals surface area contributed by atoms with Gasteiger partial charge in [-0.2, -0.15) is 0 Å². The predicted octanol–water partition coefficient (Wildman–Crippen LogP) is 5.69. The summed E-state index contributed by atoms with van der Waals surface area (Å²) in [4.78, 5) is 21.3. The molecule has 4 nitrogen and oxygen atoms in total. The zero-order valence-electron chi connectivity index (χ0n) is 17.7. The summed E-state index contributed by atoms with van der Waals surface area (Å²) < 4.78 is 15.0. The van der Waals surface area contributed by atoms with Gasteiger partial charge in [0.05, 0.1) is 16.1 Å². The number of likely N-dealkylation sites (N-methyl/N-ethyl adjacent to an activating group) is 2. The first kappa shape index (κ1) is 20.4. The maximum Gasteiger partial charge on any atom is 0.266 e. The van der Waals surface area contributed by atoms with Gasteiger partial charge in [-0.15, -0.1) is 0 Å². The second kappa shape index (κ2) is 7.43. The third-order valence-corrected chi connectivity index (χ3v) is 6.67. The van der Waals surface area contributed by atoms with Crippen LogP contribution in [0.2, 0.25) is 0 Å². The first-order valence-electron chi connectivity index (χ1n) is 9.76. The van der Waals surface area contributed by atoms with Crippen molar-refractivity contribution in [2.45, 2.75) is 26.3 Å². The highest BCUT2D eigenvalue weighted by molar-refractivity contribution is 8.18. The minimum Gasteiger partial charge on any atom is -0.365 e. The van der Waals surface area contributed by atoms with Crippen LogP contribution < -0.4 is 4.90 Å². The van der Waals surface area contributed by atoms with Crippen molar-refractivity contribution in [3.05, 3.63) is 70.4 Å². The van der Waals surface area contributed by atoms with E-state index in [0.717, 1.165) is 22.5 Å². The molecule has 1 saturated heterocycles. The predicted molar refractivity (Wildman–Crippen MR) is 124 cm³/mol. The molecule has 0 atom stereocenters. The maximum atomic E-state index is 15.0. The van der Waals surface area contributed by atoms with Crippen LogP contribution in [0, 0.1) is 5.82 Å². The molecule has 0 saturated carbocycles. The molecule has 2 aliphatic rings. The molecule has 2 aromatic rings. The molecule has 6 heteroatoms. The highest BCUT2D eigenvalue weighted by Crippen LogP contribution is 2.40. The molecule has 1 fully saturated rings. The molecule has 2 aliphatic heterocycles. The van der Waals surface area contributed by atoms with Crippen LogP contribution in [0.15, 0.2) is 58.4 Å². The Morgan fingerprint density at radius 2 is 1.83 bits per heavy atom. The van der Waals surface area contributed by atoms with Crippen molar-refractivity contribution in [2.24, 2.45) is 4.99 Å². The largest absolute Gasteiger partial charge is 0.365 e. The van der Waals surface area contributed by atoms with Crippen molar-refractivity contribution in [1.82, 2.24) is 4.90 Å². The molecule has 30 heavy (non-hydrogen) atoms. The second-order valence-electron chi connectivity index (χ2n) is 8.14. The first-order valence-corrected chi connectivity index (χ1v) is 10.6. The Morgan fingerprint density at radius 3 is 2.53 bits per heavy atom. The Bertz CT molecular complexity index is 1120. The van der Waals surface area contributed by atoms with Crippen LogP contribution in [0.1, 0.15) is 31.9 Å². The Hall–Kier alpha value is -2.86. The first-order chi connectivity index (χ1) is 14.2. The molecule has 0 spiro atoms. The number of carbonyl (C=O) groups is 1. The molecule has 4 rings (SSSR count). The van der Waals surface area contributed by atoms with E-state index in [1.165, 1.54) is 16.7 Å². The number of rotatable bonds is 2. The Kier molecular flexibility index (Phi) is 5.06. The topological polar surface area (TPSA) is 35.9 Å². The Labute approximate surface area is 180 Å². The van der Waals surface area contributed by atoms with E-state index >= 15 is 0 Å². The third kappa shape index (κ3) is 3.56. The average Bonchev–Trinajstić information content (AvgIpc) is 2.96. The van der Waals surface area contributed by atoms with Crippen LogP contribution in [-0.4, -0.2) is 35.6 Å². The lowest BCUT2D eigenvalue weighted by Crippen LogP contribution is -2.42. The van der Waals surface area contributed by atoms with E-state index in [1.807, 2.05) is 50.4 Å². The fourth-order valence-corrected chi connectivity index (χ4v) is 4.68. The Morgan fingerprint density at radius 1 is 1.13 bits per heavy atom. The van der Waals surface area contributed by atoms with Gasteiger partial charge in [0.25, 0.3) is 5.91 Å². The van der Waals surface area contributed by atoms with Crippen LogP contribution in [-0.2, 0) is 4.79 Å². The van der Waals surface area contributed by atoms with E-state index < -0.39 is 0 Å². The van der Waals surface area contributed by atoms with Gasteiger partial charge >= 0.3 is 0 Å². The fraction of sp³-hybridized carbons (Fsp3) is 0.250. The fourth-order valence-electron chi connectivity index (χ4n) is 3.70. The van der Waals surface area contributed by atoms with Gasteiger partial charge in [-0.3, -0.25) is 9.69 Å². The molecule has 154 valence electrons. The van der Waals surface area contributed by atoms with Crippen LogP contribution in [0.25, 0.3) is 11.6 Å². The van der Waals surface area contributed by atoms with Crippen LogP contribution in [0.5, 0.6) is 0 Å². The molecular weight excluding hydrogens is 397 g/mol. The zero-order chi connectivity index (χ0) is 21.6. The molecule has 2 heterocycles. The van der Waals surface area contributed by atoms with Gasteiger partial charge in [-0.05, 0) is 68.4 Å². The zero-order valence-corrected chi connectivity index (χ0v) is 18.5. The highest BCUT2D eigenvalue weighted by atomic mass is 32.2. The van der Waals surface area contributed by atoms with E-state index in [2.05, 4.69) is 29.8 Å². The summed E-state index contributed by atoms with van der Waals surface area (Å²) >= 11 is 1.26. The van der Waals surface area contributed by atoms with Gasteiger partial charge in [0, 0.05) is 30.9 Å². The number of anilines is 1. The molecule has 0 aromatic heterocycles. The van der Waals surface area contributed by atoms with E-state index in [4.69, 9.17) is 0 Å². The number of amides is 1. The third-order valence-electron chi connectivity index (χ3n) is 5.61. The van der Waals surface area contributed by atoms with Crippen molar-refractivity contribution in [3.63, 3.8) is 0 Å². The lowest BCUT2D eigenvalue weighted by Gasteiger charge is -2.40. The lowest BCUT2D eigenvalue weighted by atomic mass is 9.88. The minimum absolute atomic E-state index is 0.183. The van der Waals surface area contributed by atoms with Crippen molar-refractivity contribution < 1.29 is 9.18 Å². The highest BCUT2D eigenvalue weighted by Gasteiger charge is 2.32. The lowest BCUT2D eigenvalue weighted by molar-refractivity contribution is -0.121. The average molecular weight is 422 g/mol. The smallest absolute Gasteiger partial charge is 0.266 e. The van der Waals surface area contributed by atoms with Crippen LogP contribution >= 0.6 is 11.8 Å². The van der Waals surface area contributed by atoms with Crippen molar-refractivity contribution in [1.29, 1.82) is 0 Å². The van der Waals surface area contributed by atoms with Gasteiger partial charge in [-0.25, -0.2) is 9.38 Å². The minimum atomic E-state index is -0.344. The van der Waals surface area contributed by atoms with Gasteiger partial charge in [0.15, 0.2) is 5.17 Å². The molecular formula is C24H24FN3OS. The van der Waals surface area contributed by atoms with Gasteiger partial charge in [0.1, 0.15) is 5.82 Å². The summed E-state index contributed by atoms with van der Waals surface area (Å²) in [6, 6.07) is 12.9. The van der Waals surface area contributed by atoms with Gasteiger partial charge in [-0.1, -0.05) is 24.3 Å². The van der Waals surface area contributed by atoms with Gasteiger partial charge < -0.3 is 4.90 Å². The molecule has 0 unspecified atom stereocenters. The number of hydrogen-bond donors (Lipinski definition) is 0. The molecule has 2 aromatic carbocycles. The molecule has 0 aliphatic carbocycles. The monoisotopic (exact) mass is 421 g/mol. The van der Waals surface area contributed by atoms with E-state index in [0.29, 0.717) is 15.6 Å². The quantitative estimate of drug-likeness (QED) is 0.584. The second-order valence-corrected chi connectivity index (χ2v) is 9.14. The summed E-state index contributed by atoms with van der Waals surface area (Å²) in [5.74, 6) is -0.527. The normalized spacial score (nSPS) is 20.7. The van der Waals surface area contributed by atoms with Crippen molar-refractivity contribution >= 4 is 45.9 Å². The number of para-hydroxylation sites is 1. The molecule has 0 bridgehead atoms. The van der Waals surface area contributed by atoms with Gasteiger partial charge in [0.2, 0.25) is 0 Å². The Balaban J connectivity index is 1.72. The SMILES string of the molecule is CC1=CC(C)(C)N(C)c2cc(F)c(/C=C3/SC(=Nc4ccccc4)N(C)C3=O)cc21. The van der Waals surface area contributed by atoms with Crippen molar-refractivity contribution in [3.8, 4) is 0 Å². The molecule has 1 amide bonds. The molecule has 0 N–H and O–H groups in total. The van der Waals surface area contributed by atoms with E-state index in [9.17, 15) is 9.18 Å². The summed E-state index contributed by atoms with van der Waals surface area (Å²) in [5, 5.41) is 0.577. The van der Waals surface area contributed by atoms with Crippen LogP contribution in [0.4, 0.5) is 15.8 Å². The summed E-state index contributed by atoms with van der Waals surface area (Å²) in [5.41, 5.74) is 3.92. The number of fused-ring (bicyclic) bond motifs is 1. The number of carbonyl (C=O) groups excluding carboxylic acids is 1. The standard InChI is InChI=1S/C24H24FN3OS/c1-15-14-24(2,3)28(5)20-13-19(25)16(11-18(15)20)12-21-22(29)27(4)23(30-21)26-17-9-7-6-8-10-17/h6-14H,1-5H3/b21-12+,26-23?. The number of aliphatic imine (C=N–C) groups is 1. The molecule has 0 radical (unpaired) electrons.